The van der Waals surface area contributed by atoms with Crippen molar-refractivity contribution >= 4 is 0 Å². The van der Waals surface area contributed by atoms with Crippen molar-refractivity contribution in [2.45, 2.75) is 12.8 Å². The molecule has 0 aliphatic rings. The van der Waals surface area contributed by atoms with Gasteiger partial charge in [0, 0.05) is 11.5 Å². The van der Waals surface area contributed by atoms with Crippen molar-refractivity contribution in [2.24, 2.45) is 5.73 Å². The number of hydrogen-bond acceptors (Lipinski definition) is 2. The molecule has 0 aromatic heterocycles. The molecule has 1 aromatic rings. The number of hydrogen-bond donors (Lipinski definition) is 1. The molecule has 0 saturated heterocycles. The molecule has 2 N–H and O–H groups in total. The van der Waals surface area contributed by atoms with Gasteiger partial charge >= 0.3 is 0 Å². The van der Waals surface area contributed by atoms with Crippen molar-refractivity contribution in [3.05, 3.63) is 42.5 Å². The molecule has 0 aliphatic carbocycles. The fraction of sp³-hybridized carbons (Fsp3) is 0.273. The molecule has 0 spiro atoms. The van der Waals surface area contributed by atoms with Gasteiger partial charge in [-0.2, -0.15) is 0 Å². The Bertz CT molecular complexity index is 283. The molecule has 13 heavy (non-hydrogen) atoms. The van der Waals surface area contributed by atoms with Crippen LogP contribution in [0, 0.1) is 0 Å². The second-order valence-corrected chi connectivity index (χ2v) is 2.87. The fourth-order valence-corrected chi connectivity index (χ4v) is 1.20. The second-order valence-electron chi connectivity index (χ2n) is 2.87. The highest BCUT2D eigenvalue weighted by atomic mass is 16.5. The van der Waals surface area contributed by atoms with Crippen LogP contribution < -0.4 is 10.5 Å². The first-order chi connectivity index (χ1) is 6.29. The lowest BCUT2D eigenvalue weighted by Gasteiger charge is -2.12. The van der Waals surface area contributed by atoms with Gasteiger partial charge in [-0.1, -0.05) is 31.2 Å². The third-order valence-corrected chi connectivity index (χ3v) is 2.00. The minimum Gasteiger partial charge on any atom is -0.478 e. The summed E-state index contributed by atoms with van der Waals surface area (Å²) in [7, 11) is 0. The Morgan fingerprint density at radius 1 is 1.54 bits per heavy atom. The minimum absolute atomic E-state index is 0.209. The van der Waals surface area contributed by atoms with E-state index in [4.69, 9.17) is 10.5 Å². The SMILES string of the molecule is C=CC(C)c1ccccc1OCN. The van der Waals surface area contributed by atoms with Crippen LogP contribution in [-0.4, -0.2) is 6.73 Å². The summed E-state index contributed by atoms with van der Waals surface area (Å²) >= 11 is 0. The number of allylic oxidation sites excluding steroid dienone is 1. The van der Waals surface area contributed by atoms with Crippen LogP contribution in [0.2, 0.25) is 0 Å². The van der Waals surface area contributed by atoms with Crippen LogP contribution >= 0.6 is 0 Å². The summed E-state index contributed by atoms with van der Waals surface area (Å²) in [5.74, 6) is 1.14. The highest BCUT2D eigenvalue weighted by Crippen LogP contribution is 2.26. The molecule has 0 fully saturated rings. The van der Waals surface area contributed by atoms with Gasteiger partial charge in [-0.25, -0.2) is 0 Å². The quantitative estimate of drug-likeness (QED) is 0.565. The molecule has 1 unspecified atom stereocenters. The minimum atomic E-state index is 0.209. The molecular weight excluding hydrogens is 162 g/mol. The Morgan fingerprint density at radius 2 is 2.23 bits per heavy atom. The molecule has 0 aliphatic heterocycles. The number of nitrogens with two attached hydrogens (primary N) is 1. The molecule has 0 saturated carbocycles. The molecule has 0 bridgehead atoms. The summed E-state index contributed by atoms with van der Waals surface area (Å²) in [6, 6.07) is 7.86. The van der Waals surface area contributed by atoms with Gasteiger partial charge in [0.25, 0.3) is 0 Å². The van der Waals surface area contributed by atoms with Gasteiger partial charge in [-0.05, 0) is 6.07 Å². The van der Waals surface area contributed by atoms with Crippen molar-refractivity contribution < 1.29 is 4.74 Å². The lowest BCUT2D eigenvalue weighted by molar-refractivity contribution is 0.325. The van der Waals surface area contributed by atoms with Gasteiger partial charge in [-0.3, -0.25) is 5.73 Å². The van der Waals surface area contributed by atoms with E-state index < -0.39 is 0 Å². The van der Waals surface area contributed by atoms with E-state index in [1.165, 1.54) is 0 Å². The monoisotopic (exact) mass is 177 g/mol. The third-order valence-electron chi connectivity index (χ3n) is 2.00. The summed E-state index contributed by atoms with van der Waals surface area (Å²) in [4.78, 5) is 0. The Hall–Kier alpha value is -1.28. The zero-order valence-electron chi connectivity index (χ0n) is 7.86. The molecule has 2 nitrogen and oxygen atoms in total. The Labute approximate surface area is 79.0 Å². The number of benzene rings is 1. The van der Waals surface area contributed by atoms with Gasteiger partial charge in [0.1, 0.15) is 12.5 Å². The Balaban J connectivity index is 2.96. The van der Waals surface area contributed by atoms with E-state index in [1.807, 2.05) is 30.3 Å². The van der Waals surface area contributed by atoms with E-state index in [-0.39, 0.29) is 6.73 Å². The first-order valence-corrected chi connectivity index (χ1v) is 4.34. The van der Waals surface area contributed by atoms with E-state index in [2.05, 4.69) is 13.5 Å². The molecule has 1 atom stereocenters. The smallest absolute Gasteiger partial charge is 0.137 e. The lowest BCUT2D eigenvalue weighted by Crippen LogP contribution is -2.09. The van der Waals surface area contributed by atoms with Crippen molar-refractivity contribution in [1.29, 1.82) is 0 Å². The maximum Gasteiger partial charge on any atom is 0.137 e. The molecule has 0 amide bonds. The molecule has 2 heteroatoms. The van der Waals surface area contributed by atoms with Crippen molar-refractivity contribution in [2.75, 3.05) is 6.73 Å². The van der Waals surface area contributed by atoms with Crippen LogP contribution in [-0.2, 0) is 0 Å². The number of rotatable bonds is 4. The van der Waals surface area contributed by atoms with Crippen molar-refractivity contribution in [1.82, 2.24) is 0 Å². The second kappa shape index (κ2) is 4.67. The summed E-state index contributed by atoms with van der Waals surface area (Å²) in [5, 5.41) is 0. The van der Waals surface area contributed by atoms with Crippen LogP contribution in [0.15, 0.2) is 36.9 Å². The van der Waals surface area contributed by atoms with E-state index in [1.54, 1.807) is 0 Å². The van der Waals surface area contributed by atoms with Crippen LogP contribution in [0.1, 0.15) is 18.4 Å². The fourth-order valence-electron chi connectivity index (χ4n) is 1.20. The standard InChI is InChI=1S/C11H15NO/c1-3-9(2)10-6-4-5-7-11(10)13-8-12/h3-7,9H,1,8,12H2,2H3. The Kier molecular flexibility index (Phi) is 3.53. The summed E-state index contributed by atoms with van der Waals surface area (Å²) < 4.78 is 5.29. The normalized spacial score (nSPS) is 12.2. The van der Waals surface area contributed by atoms with Gasteiger partial charge < -0.3 is 4.74 Å². The lowest BCUT2D eigenvalue weighted by atomic mass is 10.0. The van der Waals surface area contributed by atoms with Crippen LogP contribution in [0.25, 0.3) is 0 Å². The number of ether oxygens (including phenoxy) is 1. The van der Waals surface area contributed by atoms with E-state index in [0.29, 0.717) is 5.92 Å². The maximum absolute atomic E-state index is 5.32. The van der Waals surface area contributed by atoms with Crippen LogP contribution in [0.3, 0.4) is 0 Å². The first-order valence-electron chi connectivity index (χ1n) is 4.34. The molecule has 1 rings (SSSR count). The first kappa shape index (κ1) is 9.81. The van der Waals surface area contributed by atoms with Crippen LogP contribution in [0.4, 0.5) is 0 Å². The third kappa shape index (κ3) is 2.33. The van der Waals surface area contributed by atoms with Crippen molar-refractivity contribution in [3.63, 3.8) is 0 Å². The summed E-state index contributed by atoms with van der Waals surface area (Å²) in [6.07, 6.45) is 1.89. The molecule has 0 radical (unpaired) electrons. The highest BCUT2D eigenvalue weighted by molar-refractivity contribution is 5.37. The molecule has 0 heterocycles. The van der Waals surface area contributed by atoms with Gasteiger partial charge in [0.15, 0.2) is 0 Å². The topological polar surface area (TPSA) is 35.2 Å². The largest absolute Gasteiger partial charge is 0.478 e. The highest BCUT2D eigenvalue weighted by Gasteiger charge is 2.06. The summed E-state index contributed by atoms with van der Waals surface area (Å²) in [5.41, 5.74) is 6.45. The molecule has 70 valence electrons. The van der Waals surface area contributed by atoms with Crippen LogP contribution in [0.5, 0.6) is 5.75 Å². The zero-order valence-corrected chi connectivity index (χ0v) is 7.86. The van der Waals surface area contributed by atoms with E-state index >= 15 is 0 Å². The van der Waals surface area contributed by atoms with Gasteiger partial charge in [0.05, 0.1) is 0 Å². The predicted octanol–water partition coefficient (Wildman–Crippen LogP) is 2.27. The van der Waals surface area contributed by atoms with E-state index in [9.17, 15) is 0 Å². The van der Waals surface area contributed by atoms with Crippen molar-refractivity contribution in [3.8, 4) is 5.75 Å². The number of para-hydroxylation sites is 1. The zero-order chi connectivity index (χ0) is 9.68. The average molecular weight is 177 g/mol. The summed E-state index contributed by atoms with van der Waals surface area (Å²) in [6.45, 7) is 6.04. The molecular formula is C11H15NO. The Morgan fingerprint density at radius 3 is 2.85 bits per heavy atom. The van der Waals surface area contributed by atoms with E-state index in [0.717, 1.165) is 11.3 Å². The molecule has 1 aromatic carbocycles. The average Bonchev–Trinajstić information content (AvgIpc) is 2.18. The van der Waals surface area contributed by atoms with Gasteiger partial charge in [-0.15, -0.1) is 6.58 Å². The maximum atomic E-state index is 5.32. The predicted molar refractivity (Wildman–Crippen MR) is 54.7 cm³/mol. The van der Waals surface area contributed by atoms with Gasteiger partial charge in [0.2, 0.25) is 0 Å².